The maximum absolute atomic E-state index is 13.2. The third kappa shape index (κ3) is 3.97. The van der Waals surface area contributed by atoms with Crippen molar-refractivity contribution in [2.45, 2.75) is 6.54 Å². The summed E-state index contributed by atoms with van der Waals surface area (Å²) < 4.78 is 14.0. The van der Waals surface area contributed by atoms with E-state index in [0.717, 1.165) is 4.47 Å². The van der Waals surface area contributed by atoms with E-state index in [0.29, 0.717) is 5.56 Å². The van der Waals surface area contributed by atoms with E-state index in [2.05, 4.69) is 26.6 Å². The van der Waals surface area contributed by atoms with Crippen LogP contribution in [0.4, 0.5) is 4.39 Å². The number of amides is 1. The lowest BCUT2D eigenvalue weighted by Crippen LogP contribution is -2.31. The first-order valence-corrected chi connectivity index (χ1v) is 5.28. The summed E-state index contributed by atoms with van der Waals surface area (Å²) in [5.41, 5.74) is 0.467. The molecule has 0 bridgehead atoms. The maximum atomic E-state index is 13.2. The van der Waals surface area contributed by atoms with Gasteiger partial charge in [-0.05, 0) is 25.2 Å². The van der Waals surface area contributed by atoms with Gasteiger partial charge in [-0.15, -0.1) is 0 Å². The Balaban J connectivity index is 2.57. The Kier molecular flexibility index (Phi) is 4.71. The average Bonchev–Trinajstić information content (AvgIpc) is 2.20. The molecule has 0 saturated carbocycles. The van der Waals surface area contributed by atoms with Crippen molar-refractivity contribution >= 4 is 21.8 Å². The molecule has 0 atom stereocenters. The highest BCUT2D eigenvalue weighted by Gasteiger charge is 2.04. The van der Waals surface area contributed by atoms with Gasteiger partial charge in [-0.1, -0.05) is 15.9 Å². The Morgan fingerprint density at radius 2 is 2.27 bits per heavy atom. The molecule has 0 aliphatic heterocycles. The predicted molar refractivity (Wildman–Crippen MR) is 59.9 cm³/mol. The zero-order chi connectivity index (χ0) is 11.3. The highest BCUT2D eigenvalue weighted by atomic mass is 79.9. The monoisotopic (exact) mass is 274 g/mol. The van der Waals surface area contributed by atoms with Crippen LogP contribution >= 0.6 is 15.9 Å². The molecule has 2 N–H and O–H groups in total. The number of likely N-dealkylation sites (N-methyl/N-ethyl adjacent to an activating group) is 1. The molecule has 1 aromatic carbocycles. The number of benzene rings is 1. The average molecular weight is 275 g/mol. The van der Waals surface area contributed by atoms with Crippen LogP contribution in [0.2, 0.25) is 0 Å². The topological polar surface area (TPSA) is 41.1 Å². The minimum atomic E-state index is -0.317. The zero-order valence-electron chi connectivity index (χ0n) is 8.31. The molecular formula is C10H12BrFN2O. The molecule has 0 fully saturated rings. The largest absolute Gasteiger partial charge is 0.351 e. The first kappa shape index (κ1) is 12.1. The van der Waals surface area contributed by atoms with E-state index in [1.165, 1.54) is 6.07 Å². The van der Waals surface area contributed by atoms with Crippen molar-refractivity contribution in [3.05, 3.63) is 34.1 Å². The number of hydrogen-bond donors (Lipinski definition) is 2. The summed E-state index contributed by atoms with van der Waals surface area (Å²) in [7, 11) is 1.68. The van der Waals surface area contributed by atoms with Crippen LogP contribution in [0.25, 0.3) is 0 Å². The Labute approximate surface area is 96.2 Å². The van der Waals surface area contributed by atoms with Gasteiger partial charge in [-0.2, -0.15) is 0 Å². The van der Waals surface area contributed by atoms with Gasteiger partial charge >= 0.3 is 0 Å². The van der Waals surface area contributed by atoms with Crippen LogP contribution in [0.1, 0.15) is 5.56 Å². The molecule has 0 heterocycles. The highest BCUT2D eigenvalue weighted by molar-refractivity contribution is 9.10. The van der Waals surface area contributed by atoms with E-state index in [1.54, 1.807) is 19.2 Å². The first-order valence-electron chi connectivity index (χ1n) is 4.48. The maximum Gasteiger partial charge on any atom is 0.234 e. The van der Waals surface area contributed by atoms with Crippen molar-refractivity contribution in [1.29, 1.82) is 0 Å². The summed E-state index contributed by atoms with van der Waals surface area (Å²) in [5, 5.41) is 5.32. The molecule has 15 heavy (non-hydrogen) atoms. The highest BCUT2D eigenvalue weighted by Crippen LogP contribution is 2.15. The third-order valence-corrected chi connectivity index (χ3v) is 2.31. The number of carbonyl (C=O) groups is 1. The molecule has 0 spiro atoms. The lowest BCUT2D eigenvalue weighted by atomic mass is 10.2. The lowest BCUT2D eigenvalue weighted by molar-refractivity contribution is -0.120. The number of halogens is 2. The number of nitrogens with one attached hydrogen (secondary N) is 2. The molecule has 0 aliphatic rings. The Morgan fingerprint density at radius 1 is 1.53 bits per heavy atom. The van der Waals surface area contributed by atoms with Crippen LogP contribution in [0.15, 0.2) is 22.7 Å². The fourth-order valence-electron chi connectivity index (χ4n) is 1.10. The van der Waals surface area contributed by atoms with E-state index in [-0.39, 0.29) is 24.8 Å². The SMILES string of the molecule is CNCC(=O)NCc1cc(Br)ccc1F. The van der Waals surface area contributed by atoms with Crippen LogP contribution in [-0.4, -0.2) is 19.5 Å². The smallest absolute Gasteiger partial charge is 0.234 e. The zero-order valence-corrected chi connectivity index (χ0v) is 9.90. The molecule has 0 radical (unpaired) electrons. The minimum Gasteiger partial charge on any atom is -0.351 e. The summed E-state index contributed by atoms with van der Waals surface area (Å²) in [6, 6.07) is 4.63. The molecule has 0 unspecified atom stereocenters. The molecule has 0 saturated heterocycles. The van der Waals surface area contributed by atoms with Crippen LogP contribution in [0, 0.1) is 5.82 Å². The van der Waals surface area contributed by atoms with Gasteiger partial charge in [0.25, 0.3) is 0 Å². The molecular weight excluding hydrogens is 263 g/mol. The second kappa shape index (κ2) is 5.82. The lowest BCUT2D eigenvalue weighted by Gasteiger charge is -2.06. The van der Waals surface area contributed by atoms with E-state index in [1.807, 2.05) is 0 Å². The van der Waals surface area contributed by atoms with Gasteiger partial charge in [0.15, 0.2) is 0 Å². The number of carbonyl (C=O) groups excluding carboxylic acids is 1. The molecule has 3 nitrogen and oxygen atoms in total. The van der Waals surface area contributed by atoms with Gasteiger partial charge in [-0.3, -0.25) is 4.79 Å². The Bertz CT molecular complexity index is 357. The Morgan fingerprint density at radius 3 is 2.93 bits per heavy atom. The standard InChI is InChI=1S/C10H12BrFN2O/c1-13-6-10(15)14-5-7-4-8(11)2-3-9(7)12/h2-4,13H,5-6H2,1H3,(H,14,15). The van der Waals surface area contributed by atoms with Crippen LogP contribution in [0.3, 0.4) is 0 Å². The molecule has 82 valence electrons. The van der Waals surface area contributed by atoms with E-state index >= 15 is 0 Å². The summed E-state index contributed by atoms with van der Waals surface area (Å²) >= 11 is 3.24. The summed E-state index contributed by atoms with van der Waals surface area (Å²) in [6.45, 7) is 0.432. The second-order valence-electron chi connectivity index (χ2n) is 3.04. The van der Waals surface area contributed by atoms with Crippen molar-refractivity contribution in [3.8, 4) is 0 Å². The van der Waals surface area contributed by atoms with Crippen LogP contribution < -0.4 is 10.6 Å². The van der Waals surface area contributed by atoms with Gasteiger partial charge in [0.2, 0.25) is 5.91 Å². The van der Waals surface area contributed by atoms with Gasteiger partial charge < -0.3 is 10.6 Å². The summed E-state index contributed by atoms with van der Waals surface area (Å²) in [5.74, 6) is -0.472. The molecule has 1 amide bonds. The molecule has 1 rings (SSSR count). The normalized spacial score (nSPS) is 10.1. The van der Waals surface area contributed by atoms with Crippen LogP contribution in [-0.2, 0) is 11.3 Å². The fourth-order valence-corrected chi connectivity index (χ4v) is 1.50. The van der Waals surface area contributed by atoms with E-state index in [4.69, 9.17) is 0 Å². The van der Waals surface area contributed by atoms with Crippen molar-refractivity contribution in [1.82, 2.24) is 10.6 Å². The predicted octanol–water partition coefficient (Wildman–Crippen LogP) is 1.42. The van der Waals surface area contributed by atoms with E-state index < -0.39 is 0 Å². The molecule has 0 aromatic heterocycles. The minimum absolute atomic E-state index is 0.156. The van der Waals surface area contributed by atoms with Gasteiger partial charge in [0.1, 0.15) is 5.82 Å². The van der Waals surface area contributed by atoms with Gasteiger partial charge in [-0.25, -0.2) is 4.39 Å². The van der Waals surface area contributed by atoms with Crippen LogP contribution in [0.5, 0.6) is 0 Å². The van der Waals surface area contributed by atoms with Crippen molar-refractivity contribution in [2.24, 2.45) is 0 Å². The van der Waals surface area contributed by atoms with Crippen molar-refractivity contribution < 1.29 is 9.18 Å². The molecule has 0 aliphatic carbocycles. The fraction of sp³-hybridized carbons (Fsp3) is 0.300. The third-order valence-electron chi connectivity index (χ3n) is 1.82. The second-order valence-corrected chi connectivity index (χ2v) is 3.96. The number of hydrogen-bond acceptors (Lipinski definition) is 2. The summed E-state index contributed by atoms with van der Waals surface area (Å²) in [6.07, 6.45) is 0. The Hall–Kier alpha value is -0.940. The molecule has 1 aromatic rings. The van der Waals surface area contributed by atoms with Gasteiger partial charge in [0, 0.05) is 16.6 Å². The van der Waals surface area contributed by atoms with Gasteiger partial charge in [0.05, 0.1) is 6.54 Å². The van der Waals surface area contributed by atoms with Crippen molar-refractivity contribution in [3.63, 3.8) is 0 Å². The summed E-state index contributed by atoms with van der Waals surface area (Å²) in [4.78, 5) is 11.1. The number of rotatable bonds is 4. The van der Waals surface area contributed by atoms with E-state index in [9.17, 15) is 9.18 Å². The quantitative estimate of drug-likeness (QED) is 0.872. The molecule has 5 heteroatoms. The van der Waals surface area contributed by atoms with Crippen molar-refractivity contribution in [2.75, 3.05) is 13.6 Å². The first-order chi connectivity index (χ1) is 7.13.